The summed E-state index contributed by atoms with van der Waals surface area (Å²) in [5.74, 6) is 0. The molecule has 3 aromatic carbocycles. The van der Waals surface area contributed by atoms with Crippen LogP contribution in [0.1, 0.15) is 0 Å². The smallest absolute Gasteiger partial charge is 0.1000 e. The molecule has 0 unspecified atom stereocenters. The minimum atomic E-state index is 0.979. The van der Waals surface area contributed by atoms with Crippen LogP contribution in [0.2, 0.25) is 0 Å². The van der Waals surface area contributed by atoms with E-state index in [1.54, 1.807) is 0 Å². The van der Waals surface area contributed by atoms with Crippen molar-refractivity contribution in [3.63, 3.8) is 0 Å². The summed E-state index contributed by atoms with van der Waals surface area (Å²) in [4.78, 5) is 0. The minimum absolute atomic E-state index is 0.979. The monoisotopic (exact) mass is 285 g/mol. The summed E-state index contributed by atoms with van der Waals surface area (Å²) in [6.07, 6.45) is 0. The molecule has 1 heterocycles. The van der Waals surface area contributed by atoms with Gasteiger partial charge in [0.25, 0.3) is 0 Å². The van der Waals surface area contributed by atoms with Gasteiger partial charge in [-0.05, 0) is 30.3 Å². The number of anilines is 2. The second-order valence-electron chi connectivity index (χ2n) is 5.19. The Balaban J connectivity index is 1.77. The van der Waals surface area contributed by atoms with Crippen LogP contribution in [0.5, 0.6) is 0 Å². The third-order valence-electron chi connectivity index (χ3n) is 3.67. The van der Waals surface area contributed by atoms with Crippen molar-refractivity contribution in [2.75, 3.05) is 5.32 Å². The highest BCUT2D eigenvalue weighted by Gasteiger charge is 2.08. The molecule has 0 aliphatic carbocycles. The zero-order chi connectivity index (χ0) is 14.8. The highest BCUT2D eigenvalue weighted by molar-refractivity contribution is 5.95. The topological polar surface area (TPSA) is 40.7 Å². The van der Waals surface area contributed by atoms with E-state index in [4.69, 9.17) is 0 Å². The fourth-order valence-electron chi connectivity index (χ4n) is 2.60. The van der Waals surface area contributed by atoms with Crippen molar-refractivity contribution in [1.82, 2.24) is 10.2 Å². The number of H-pyrrole nitrogens is 1. The normalized spacial score (nSPS) is 10.7. The molecule has 0 amide bonds. The van der Waals surface area contributed by atoms with Gasteiger partial charge in [0.1, 0.15) is 0 Å². The highest BCUT2D eigenvalue weighted by atomic mass is 15.1. The van der Waals surface area contributed by atoms with Crippen LogP contribution in [0.25, 0.3) is 22.2 Å². The Labute approximate surface area is 128 Å². The van der Waals surface area contributed by atoms with Crippen LogP contribution in [0.3, 0.4) is 0 Å². The Bertz CT molecular complexity index is 896. The maximum atomic E-state index is 4.46. The van der Waals surface area contributed by atoms with Gasteiger partial charge in [-0.3, -0.25) is 5.10 Å². The first kappa shape index (κ1) is 12.7. The van der Waals surface area contributed by atoms with Crippen LogP contribution in [-0.4, -0.2) is 10.2 Å². The predicted molar refractivity (Wildman–Crippen MR) is 91.3 cm³/mol. The van der Waals surface area contributed by atoms with E-state index in [-0.39, 0.29) is 0 Å². The molecule has 3 nitrogen and oxygen atoms in total. The number of fused-ring (bicyclic) bond motifs is 1. The first-order valence-corrected chi connectivity index (χ1v) is 7.26. The number of aromatic nitrogens is 2. The van der Waals surface area contributed by atoms with Crippen molar-refractivity contribution >= 4 is 22.3 Å². The van der Waals surface area contributed by atoms with Gasteiger partial charge >= 0.3 is 0 Å². The number of para-hydroxylation sites is 1. The van der Waals surface area contributed by atoms with Crippen molar-refractivity contribution < 1.29 is 0 Å². The van der Waals surface area contributed by atoms with Crippen LogP contribution >= 0.6 is 0 Å². The van der Waals surface area contributed by atoms with Crippen LogP contribution in [0, 0.1) is 0 Å². The zero-order valence-electron chi connectivity index (χ0n) is 12.0. The van der Waals surface area contributed by atoms with E-state index in [1.807, 2.05) is 36.4 Å². The fraction of sp³-hybridized carbons (Fsp3) is 0. The summed E-state index contributed by atoms with van der Waals surface area (Å²) in [7, 11) is 0. The molecule has 106 valence electrons. The predicted octanol–water partition coefficient (Wildman–Crippen LogP) is 4.97. The molecule has 4 aromatic rings. The molecule has 1 aromatic heterocycles. The molecule has 0 bridgehead atoms. The van der Waals surface area contributed by atoms with Crippen LogP contribution in [-0.2, 0) is 0 Å². The molecule has 2 N–H and O–H groups in total. The van der Waals surface area contributed by atoms with Gasteiger partial charge in [-0.1, -0.05) is 48.5 Å². The maximum absolute atomic E-state index is 4.46. The molecule has 0 saturated carbocycles. The molecular weight excluding hydrogens is 270 g/mol. The molecular formula is C19H15N3. The molecule has 22 heavy (non-hydrogen) atoms. The first-order valence-electron chi connectivity index (χ1n) is 7.26. The van der Waals surface area contributed by atoms with Crippen LogP contribution < -0.4 is 5.32 Å². The van der Waals surface area contributed by atoms with Gasteiger partial charge < -0.3 is 5.32 Å². The van der Waals surface area contributed by atoms with Gasteiger partial charge in [0.15, 0.2) is 0 Å². The van der Waals surface area contributed by atoms with Crippen molar-refractivity contribution in [3.05, 3.63) is 78.9 Å². The van der Waals surface area contributed by atoms with E-state index in [1.165, 1.54) is 0 Å². The maximum Gasteiger partial charge on any atom is 0.1000 e. The number of hydrogen-bond acceptors (Lipinski definition) is 2. The highest BCUT2D eigenvalue weighted by Crippen LogP contribution is 2.29. The lowest BCUT2D eigenvalue weighted by molar-refractivity contribution is 1.12. The third kappa shape index (κ3) is 2.33. The summed E-state index contributed by atoms with van der Waals surface area (Å²) in [5, 5.41) is 12.1. The van der Waals surface area contributed by atoms with Crippen molar-refractivity contribution in [1.29, 1.82) is 0 Å². The van der Waals surface area contributed by atoms with E-state index in [0.717, 1.165) is 33.5 Å². The molecule has 0 spiro atoms. The van der Waals surface area contributed by atoms with Gasteiger partial charge in [-0.2, -0.15) is 5.10 Å². The zero-order valence-corrected chi connectivity index (χ0v) is 12.0. The van der Waals surface area contributed by atoms with Crippen LogP contribution in [0.4, 0.5) is 11.4 Å². The van der Waals surface area contributed by atoms with Gasteiger partial charge in [0.2, 0.25) is 0 Å². The minimum Gasteiger partial charge on any atom is -0.356 e. The molecule has 0 radical (unpaired) electrons. The summed E-state index contributed by atoms with van der Waals surface area (Å²) in [5.41, 5.74) is 5.26. The lowest BCUT2D eigenvalue weighted by Crippen LogP contribution is -1.89. The Kier molecular flexibility index (Phi) is 3.09. The first-order chi connectivity index (χ1) is 10.9. The summed E-state index contributed by atoms with van der Waals surface area (Å²) < 4.78 is 0. The molecule has 4 rings (SSSR count). The van der Waals surface area contributed by atoms with Crippen LogP contribution in [0.15, 0.2) is 78.9 Å². The van der Waals surface area contributed by atoms with Crippen molar-refractivity contribution in [2.45, 2.75) is 0 Å². The van der Waals surface area contributed by atoms with Crippen molar-refractivity contribution in [3.8, 4) is 11.3 Å². The average molecular weight is 285 g/mol. The Morgan fingerprint density at radius 2 is 1.45 bits per heavy atom. The molecule has 0 aliphatic rings. The summed E-state index contributed by atoms with van der Waals surface area (Å²) >= 11 is 0. The standard InChI is InChI=1S/C19H15N3/c1-3-7-14(8-4-1)19-17-13-16(11-12-18(17)21-22-19)20-15-9-5-2-6-10-15/h1-13,20H,(H,21,22). The number of benzene rings is 3. The van der Waals surface area contributed by atoms with E-state index in [0.29, 0.717) is 0 Å². The van der Waals surface area contributed by atoms with E-state index in [9.17, 15) is 0 Å². The number of rotatable bonds is 3. The number of hydrogen-bond donors (Lipinski definition) is 2. The molecule has 0 saturated heterocycles. The Morgan fingerprint density at radius 3 is 2.23 bits per heavy atom. The molecule has 0 aliphatic heterocycles. The van der Waals surface area contributed by atoms with E-state index >= 15 is 0 Å². The largest absolute Gasteiger partial charge is 0.356 e. The lowest BCUT2D eigenvalue weighted by atomic mass is 10.1. The molecule has 0 atom stereocenters. The number of nitrogens with one attached hydrogen (secondary N) is 2. The summed E-state index contributed by atoms with van der Waals surface area (Å²) in [6.45, 7) is 0. The average Bonchev–Trinajstić information content (AvgIpc) is 3.00. The fourth-order valence-corrected chi connectivity index (χ4v) is 2.60. The van der Waals surface area contributed by atoms with Gasteiger partial charge in [0.05, 0.1) is 11.2 Å². The SMILES string of the molecule is c1ccc(Nc2ccc3[nH]nc(-c4ccccc4)c3c2)cc1. The second-order valence-corrected chi connectivity index (χ2v) is 5.19. The Morgan fingerprint density at radius 1 is 0.727 bits per heavy atom. The Hall–Kier alpha value is -3.07. The third-order valence-corrected chi connectivity index (χ3v) is 3.67. The quantitative estimate of drug-likeness (QED) is 0.557. The second kappa shape index (κ2) is 5.37. The number of nitrogens with zero attached hydrogens (tertiary/aromatic N) is 1. The van der Waals surface area contributed by atoms with Gasteiger partial charge in [-0.25, -0.2) is 0 Å². The lowest BCUT2D eigenvalue weighted by Gasteiger charge is -2.06. The van der Waals surface area contributed by atoms with Gasteiger partial charge in [-0.15, -0.1) is 0 Å². The number of aromatic amines is 1. The summed E-state index contributed by atoms with van der Waals surface area (Å²) in [6, 6.07) is 26.6. The van der Waals surface area contributed by atoms with E-state index in [2.05, 4.69) is 58.0 Å². The van der Waals surface area contributed by atoms with Crippen molar-refractivity contribution in [2.24, 2.45) is 0 Å². The van der Waals surface area contributed by atoms with E-state index < -0.39 is 0 Å². The molecule has 0 fully saturated rings. The van der Waals surface area contributed by atoms with Gasteiger partial charge in [0, 0.05) is 22.3 Å². The molecule has 3 heteroatoms.